The summed E-state index contributed by atoms with van der Waals surface area (Å²) in [5.41, 5.74) is 2.75. The predicted molar refractivity (Wildman–Crippen MR) is 102 cm³/mol. The van der Waals surface area contributed by atoms with Crippen LogP contribution >= 0.6 is 7.81 Å². The van der Waals surface area contributed by atoms with Gasteiger partial charge in [0.1, 0.15) is 0 Å². The molecule has 0 unspecified atom stereocenters. The van der Waals surface area contributed by atoms with Crippen molar-refractivity contribution in [2.24, 2.45) is 0 Å². The molecule has 6 nitrogen and oxygen atoms in total. The van der Waals surface area contributed by atoms with Crippen molar-refractivity contribution in [3.8, 4) is 5.75 Å². The Morgan fingerprint density at radius 3 is 1.42 bits per heavy atom. The Hall–Kier alpha value is -2.10. The number of rotatable bonds is 6. The van der Waals surface area contributed by atoms with E-state index in [2.05, 4.69) is 14.9 Å². The van der Waals surface area contributed by atoms with Gasteiger partial charge in [-0.3, -0.25) is 14.9 Å². The van der Waals surface area contributed by atoms with Crippen LogP contribution in [-0.4, -0.2) is 14.9 Å². The summed E-state index contributed by atoms with van der Waals surface area (Å²) in [6.07, 6.45) is 3.58. The third kappa shape index (κ3) is 17.1. The fourth-order valence-corrected chi connectivity index (χ4v) is 2.48. The van der Waals surface area contributed by atoms with Gasteiger partial charge in [0.15, 0.2) is 0 Å². The van der Waals surface area contributed by atoms with Crippen LogP contribution in [0.1, 0.15) is 17.0 Å². The molecule has 33 heavy (non-hydrogen) atoms. The molecule has 0 aliphatic rings. The molecule has 0 amide bonds. The number of aromatic nitrogens is 2. The number of hydrogen-bond donors (Lipinski definition) is 0. The van der Waals surface area contributed by atoms with Crippen LogP contribution in [0.25, 0.3) is 0 Å². The minimum atomic E-state index is -10.7. The average molecular weight is 577 g/mol. The van der Waals surface area contributed by atoms with Crippen molar-refractivity contribution in [1.29, 1.82) is 0 Å². The van der Waals surface area contributed by atoms with Gasteiger partial charge in [-0.1, -0.05) is 36.4 Å². The maximum absolute atomic E-state index is 12.0. The van der Waals surface area contributed by atoms with E-state index < -0.39 is 7.81 Å². The SMILES string of the molecule is F[P-](F)(F)(F)(F)F.[Mo].[O-2].[O-2].[O-]c1ccccc1CN(Cc1ccccn1)Cc1ccccn1. The number of benzene rings is 1. The van der Waals surface area contributed by atoms with Crippen LogP contribution in [0.4, 0.5) is 25.2 Å². The molecule has 0 radical (unpaired) electrons. The van der Waals surface area contributed by atoms with Gasteiger partial charge in [0.2, 0.25) is 0 Å². The van der Waals surface area contributed by atoms with Crippen LogP contribution in [-0.2, 0) is 51.7 Å². The first-order chi connectivity index (χ1) is 13.8. The standard InChI is InChI=1S/C19H19N3O.F6P.Mo.2O/c23-19-10-2-1-7-16(19)13-22(14-17-8-3-5-11-20-17)15-18-9-4-6-12-21-18;1-7(2,3,4,5)6;;;/h1-12,23H,13-15H2;;;;/q;-1;;2*-2/p-1. The summed E-state index contributed by atoms with van der Waals surface area (Å²) in [6.45, 7) is 1.92. The predicted octanol–water partition coefficient (Wildman–Crippen LogP) is 5.89. The van der Waals surface area contributed by atoms with Gasteiger partial charge < -0.3 is 16.1 Å². The topological polar surface area (TPSA) is 109 Å². The number of nitrogens with zero attached hydrogens (tertiary/aromatic N) is 3. The molecule has 0 atom stereocenters. The second kappa shape index (κ2) is 12.4. The van der Waals surface area contributed by atoms with Crippen LogP contribution in [0.3, 0.4) is 0 Å². The van der Waals surface area contributed by atoms with Crippen LogP contribution in [0, 0.1) is 0 Å². The van der Waals surface area contributed by atoms with E-state index in [1.165, 1.54) is 0 Å². The van der Waals surface area contributed by atoms with Gasteiger partial charge in [-0.2, -0.15) is 0 Å². The van der Waals surface area contributed by atoms with E-state index in [0.29, 0.717) is 19.6 Å². The molecule has 0 aliphatic carbocycles. The summed E-state index contributed by atoms with van der Waals surface area (Å²) in [5.74, 6) is 0.0690. The van der Waals surface area contributed by atoms with Gasteiger partial charge in [0, 0.05) is 53.1 Å². The van der Waals surface area contributed by atoms with Crippen LogP contribution in [0.5, 0.6) is 5.75 Å². The van der Waals surface area contributed by atoms with Crippen LogP contribution in [0.2, 0.25) is 0 Å². The summed E-state index contributed by atoms with van der Waals surface area (Å²) < 4.78 is 59.2. The summed E-state index contributed by atoms with van der Waals surface area (Å²) >= 11 is 0. The molecule has 2 aromatic heterocycles. The number of hydrogen-bond acceptors (Lipinski definition) is 4. The first-order valence-corrected chi connectivity index (χ1v) is 10.6. The Kier molecular flexibility index (Phi) is 12.4. The smallest absolute Gasteiger partial charge is 0.0544 e. The fourth-order valence-electron chi connectivity index (χ4n) is 2.48. The minimum Gasteiger partial charge on any atom is -2.00 e. The first kappa shape index (κ1) is 33.1. The molecule has 0 spiro atoms. The Morgan fingerprint density at radius 2 is 1.06 bits per heavy atom. The van der Waals surface area contributed by atoms with E-state index in [9.17, 15) is 30.3 Å². The molecule has 3 rings (SSSR count). The molecule has 1 aromatic carbocycles. The Labute approximate surface area is 200 Å². The van der Waals surface area contributed by atoms with Crippen LogP contribution in [0.15, 0.2) is 73.1 Å². The largest absolute Gasteiger partial charge is 2.00 e. The summed E-state index contributed by atoms with van der Waals surface area (Å²) in [6, 6.07) is 18.9. The summed E-state index contributed by atoms with van der Waals surface area (Å²) in [4.78, 5) is 10.9. The molecule has 0 saturated heterocycles. The number of pyridine rings is 2. The van der Waals surface area contributed by atoms with Crippen molar-refractivity contribution >= 4 is 7.81 Å². The van der Waals surface area contributed by atoms with Gasteiger partial charge in [0.05, 0.1) is 11.4 Å². The molecule has 2 heterocycles. The first-order valence-electron chi connectivity index (χ1n) is 8.60. The van der Waals surface area contributed by atoms with E-state index in [-0.39, 0.29) is 37.8 Å². The molecule has 0 saturated carbocycles. The average Bonchev–Trinajstić information content (AvgIpc) is 2.63. The molecule has 0 fully saturated rings. The molecule has 0 aliphatic heterocycles. The van der Waals surface area contributed by atoms with Crippen molar-refractivity contribution in [2.75, 3.05) is 0 Å². The fraction of sp³-hybridized carbons (Fsp3) is 0.158. The zero-order chi connectivity index (χ0) is 22.3. The molecular weight excluding hydrogens is 559 g/mol. The molecule has 0 bridgehead atoms. The number of halogens is 6. The second-order valence-electron chi connectivity index (χ2n) is 6.35. The minimum absolute atomic E-state index is 0. The molecule has 3 aromatic rings. The van der Waals surface area contributed by atoms with Crippen molar-refractivity contribution in [2.45, 2.75) is 19.6 Å². The summed E-state index contributed by atoms with van der Waals surface area (Å²) in [7, 11) is -10.7. The van der Waals surface area contributed by atoms with Gasteiger partial charge >= 0.3 is 33.0 Å². The van der Waals surface area contributed by atoms with Crippen molar-refractivity contribution in [3.05, 3.63) is 90.0 Å². The van der Waals surface area contributed by atoms with E-state index >= 15 is 0 Å². The Bertz CT molecular complexity index is 903. The normalized spacial score (nSPS) is 12.5. The zero-order valence-electron chi connectivity index (χ0n) is 16.7. The van der Waals surface area contributed by atoms with E-state index in [4.69, 9.17) is 0 Å². The van der Waals surface area contributed by atoms with Gasteiger partial charge in [-0.15, -0.1) is 5.75 Å². The number of para-hydroxylation sites is 1. The van der Waals surface area contributed by atoms with E-state index in [1.54, 1.807) is 24.5 Å². The van der Waals surface area contributed by atoms with Crippen molar-refractivity contribution in [3.63, 3.8) is 0 Å². The molecule has 14 heteroatoms. The van der Waals surface area contributed by atoms with Crippen molar-refractivity contribution < 1.29 is 62.3 Å². The Balaban J connectivity index is 0. The molecule has 0 N–H and O–H groups in total. The van der Waals surface area contributed by atoms with E-state index in [0.717, 1.165) is 17.0 Å². The second-order valence-corrected chi connectivity index (χ2v) is 8.27. The maximum Gasteiger partial charge on any atom is 0.0544 e. The quantitative estimate of drug-likeness (QED) is 0.207. The molecule has 186 valence electrons. The van der Waals surface area contributed by atoms with Gasteiger partial charge in [-0.25, -0.2) is 0 Å². The maximum atomic E-state index is 12.0. The molecular formula is C19H18F6MoN3O3P-6. The van der Waals surface area contributed by atoms with Gasteiger partial charge in [0.25, 0.3) is 0 Å². The third-order valence-corrected chi connectivity index (χ3v) is 3.59. The van der Waals surface area contributed by atoms with Crippen molar-refractivity contribution in [1.82, 2.24) is 14.9 Å². The van der Waals surface area contributed by atoms with Gasteiger partial charge in [-0.05, 0) is 29.8 Å². The monoisotopic (exact) mass is 579 g/mol. The Morgan fingerprint density at radius 1 is 0.667 bits per heavy atom. The van der Waals surface area contributed by atoms with Crippen LogP contribution < -0.4 is 5.11 Å². The third-order valence-electron chi connectivity index (χ3n) is 3.59. The van der Waals surface area contributed by atoms with E-state index in [1.807, 2.05) is 48.5 Å². The summed E-state index contributed by atoms with van der Waals surface area (Å²) in [5, 5.41) is 12.0. The zero-order valence-corrected chi connectivity index (χ0v) is 19.6.